The number of carbonyl (C=O) groups excluding carboxylic acids is 1. The summed E-state index contributed by atoms with van der Waals surface area (Å²) in [5.41, 5.74) is 0.849. The second kappa shape index (κ2) is 5.11. The van der Waals surface area contributed by atoms with Crippen LogP contribution in [0.2, 0.25) is 0 Å². The Kier molecular flexibility index (Phi) is 3.41. The maximum absolute atomic E-state index is 13.2. The number of ether oxygens (including phenoxy) is 1. The van der Waals surface area contributed by atoms with E-state index in [0.717, 1.165) is 10.4 Å². The SMILES string of the molecule is CC(=O)C1=C(C)OC(c2ccc(F)cc2)(c2cccs2)C1. The standard InChI is InChI=1S/C17H15FO2S/c1-11(19)15-10-17(20-12(15)2,16-4-3-9-21-16)13-5-7-14(18)8-6-13/h3-9H,10H2,1-2H3. The zero-order chi connectivity index (χ0) is 15.0. The summed E-state index contributed by atoms with van der Waals surface area (Å²) < 4.78 is 19.4. The number of allylic oxidation sites excluding steroid dienone is 1. The summed E-state index contributed by atoms with van der Waals surface area (Å²) in [6.45, 7) is 3.37. The van der Waals surface area contributed by atoms with Gasteiger partial charge in [-0.05, 0) is 37.4 Å². The highest BCUT2D eigenvalue weighted by Gasteiger charge is 2.44. The first-order valence-corrected chi connectivity index (χ1v) is 7.60. The molecule has 2 nitrogen and oxygen atoms in total. The lowest BCUT2D eigenvalue weighted by Crippen LogP contribution is -2.26. The Morgan fingerprint density at radius 2 is 2.00 bits per heavy atom. The Labute approximate surface area is 126 Å². The first kappa shape index (κ1) is 14.0. The minimum absolute atomic E-state index is 0.0213. The third kappa shape index (κ3) is 2.29. The molecule has 1 aromatic carbocycles. The van der Waals surface area contributed by atoms with E-state index in [0.29, 0.717) is 17.8 Å². The fourth-order valence-corrected chi connectivity index (χ4v) is 3.66. The molecular weight excluding hydrogens is 287 g/mol. The van der Waals surface area contributed by atoms with Crippen LogP contribution in [0.25, 0.3) is 0 Å². The topological polar surface area (TPSA) is 26.3 Å². The fraction of sp³-hybridized carbons (Fsp3) is 0.235. The van der Waals surface area contributed by atoms with Crippen molar-refractivity contribution < 1.29 is 13.9 Å². The van der Waals surface area contributed by atoms with Crippen LogP contribution in [0.15, 0.2) is 53.1 Å². The van der Waals surface area contributed by atoms with Gasteiger partial charge >= 0.3 is 0 Å². The number of hydrogen-bond donors (Lipinski definition) is 0. The lowest BCUT2D eigenvalue weighted by atomic mass is 9.86. The molecule has 0 spiro atoms. The zero-order valence-corrected chi connectivity index (χ0v) is 12.7. The van der Waals surface area contributed by atoms with Crippen LogP contribution in [-0.2, 0) is 15.1 Å². The van der Waals surface area contributed by atoms with Crippen LogP contribution in [-0.4, -0.2) is 5.78 Å². The average Bonchev–Trinajstić information content (AvgIpc) is 3.07. The Balaban J connectivity index is 2.11. The first-order chi connectivity index (χ1) is 10.0. The van der Waals surface area contributed by atoms with Gasteiger partial charge in [-0.1, -0.05) is 18.2 Å². The van der Waals surface area contributed by atoms with Crippen molar-refractivity contribution in [2.24, 2.45) is 0 Å². The fourth-order valence-electron chi connectivity index (χ4n) is 2.77. The van der Waals surface area contributed by atoms with E-state index in [4.69, 9.17) is 4.74 Å². The molecule has 0 saturated heterocycles. The lowest BCUT2D eigenvalue weighted by molar-refractivity contribution is -0.113. The van der Waals surface area contributed by atoms with E-state index in [1.807, 2.05) is 24.4 Å². The molecule has 4 heteroatoms. The number of hydrogen-bond acceptors (Lipinski definition) is 3. The monoisotopic (exact) mass is 302 g/mol. The van der Waals surface area contributed by atoms with Crippen molar-refractivity contribution in [1.29, 1.82) is 0 Å². The number of thiophene rings is 1. The summed E-state index contributed by atoms with van der Waals surface area (Å²) in [6, 6.07) is 10.3. The van der Waals surface area contributed by atoms with E-state index in [-0.39, 0.29) is 11.6 Å². The van der Waals surface area contributed by atoms with Crippen LogP contribution in [0.3, 0.4) is 0 Å². The minimum Gasteiger partial charge on any atom is -0.481 e. The van der Waals surface area contributed by atoms with E-state index in [1.165, 1.54) is 12.1 Å². The Morgan fingerprint density at radius 1 is 1.29 bits per heavy atom. The van der Waals surface area contributed by atoms with Gasteiger partial charge in [-0.2, -0.15) is 0 Å². The second-order valence-electron chi connectivity index (χ2n) is 5.18. The molecule has 0 aliphatic carbocycles. The van der Waals surface area contributed by atoms with E-state index < -0.39 is 5.60 Å². The summed E-state index contributed by atoms with van der Waals surface area (Å²) in [5.74, 6) is 0.391. The van der Waals surface area contributed by atoms with Gasteiger partial charge in [0.15, 0.2) is 11.4 Å². The highest BCUT2D eigenvalue weighted by Crippen LogP contribution is 2.48. The van der Waals surface area contributed by atoms with Crippen molar-refractivity contribution in [3.05, 3.63) is 69.4 Å². The molecule has 0 fully saturated rings. The van der Waals surface area contributed by atoms with Gasteiger partial charge in [-0.15, -0.1) is 11.3 Å². The average molecular weight is 302 g/mol. The quantitative estimate of drug-likeness (QED) is 0.839. The highest BCUT2D eigenvalue weighted by molar-refractivity contribution is 7.10. The summed E-state index contributed by atoms with van der Waals surface area (Å²) >= 11 is 1.58. The Bertz CT molecular complexity index is 701. The molecule has 2 aromatic rings. The second-order valence-corrected chi connectivity index (χ2v) is 6.13. The third-order valence-electron chi connectivity index (χ3n) is 3.83. The molecule has 3 rings (SSSR count). The van der Waals surface area contributed by atoms with Gasteiger partial charge in [-0.3, -0.25) is 4.79 Å². The molecule has 0 radical (unpaired) electrons. The molecule has 0 saturated carbocycles. The molecule has 0 bridgehead atoms. The lowest BCUT2D eigenvalue weighted by Gasteiger charge is -2.29. The zero-order valence-electron chi connectivity index (χ0n) is 11.9. The molecule has 1 aliphatic rings. The molecule has 2 heterocycles. The highest BCUT2D eigenvalue weighted by atomic mass is 32.1. The molecule has 1 aliphatic heterocycles. The van der Waals surface area contributed by atoms with Gasteiger partial charge in [0.25, 0.3) is 0 Å². The largest absolute Gasteiger partial charge is 0.481 e. The Hall–Kier alpha value is -1.94. The van der Waals surface area contributed by atoms with Gasteiger partial charge in [0.2, 0.25) is 0 Å². The van der Waals surface area contributed by atoms with Crippen LogP contribution < -0.4 is 0 Å². The maximum atomic E-state index is 13.2. The van der Waals surface area contributed by atoms with Crippen LogP contribution in [0.5, 0.6) is 0 Å². The van der Waals surface area contributed by atoms with Crippen LogP contribution in [0.4, 0.5) is 4.39 Å². The van der Waals surface area contributed by atoms with E-state index in [1.54, 1.807) is 30.4 Å². The van der Waals surface area contributed by atoms with Gasteiger partial charge in [0.05, 0.1) is 4.88 Å². The maximum Gasteiger partial charge on any atom is 0.172 e. The summed E-state index contributed by atoms with van der Waals surface area (Å²) in [7, 11) is 0. The Morgan fingerprint density at radius 3 is 2.52 bits per heavy atom. The van der Waals surface area contributed by atoms with Crippen molar-refractivity contribution in [1.82, 2.24) is 0 Å². The van der Waals surface area contributed by atoms with Gasteiger partial charge in [0, 0.05) is 17.6 Å². The predicted octanol–water partition coefficient (Wildman–Crippen LogP) is 4.41. The van der Waals surface area contributed by atoms with E-state index in [2.05, 4.69) is 0 Å². The summed E-state index contributed by atoms with van der Waals surface area (Å²) in [4.78, 5) is 12.8. The third-order valence-corrected chi connectivity index (χ3v) is 4.85. The predicted molar refractivity (Wildman–Crippen MR) is 80.6 cm³/mol. The summed E-state index contributed by atoms with van der Waals surface area (Å²) in [6.07, 6.45) is 0.486. The number of rotatable bonds is 3. The number of Topliss-reactive ketones (excluding diaryl/α,β-unsaturated/α-hetero) is 1. The van der Waals surface area contributed by atoms with Crippen molar-refractivity contribution in [2.75, 3.05) is 0 Å². The number of ketones is 1. The normalized spacial score (nSPS) is 21.5. The van der Waals surface area contributed by atoms with Crippen LogP contribution >= 0.6 is 11.3 Å². The first-order valence-electron chi connectivity index (χ1n) is 6.72. The molecule has 1 aromatic heterocycles. The van der Waals surface area contributed by atoms with Crippen LogP contribution in [0, 0.1) is 5.82 Å². The van der Waals surface area contributed by atoms with E-state index >= 15 is 0 Å². The van der Waals surface area contributed by atoms with Gasteiger partial charge < -0.3 is 4.74 Å². The molecule has 1 atom stereocenters. The molecular formula is C17H15FO2S. The minimum atomic E-state index is -0.715. The van der Waals surface area contributed by atoms with Crippen LogP contribution in [0.1, 0.15) is 30.7 Å². The number of benzene rings is 1. The van der Waals surface area contributed by atoms with Gasteiger partial charge in [-0.25, -0.2) is 4.39 Å². The molecule has 0 amide bonds. The van der Waals surface area contributed by atoms with Gasteiger partial charge in [0.1, 0.15) is 11.6 Å². The van der Waals surface area contributed by atoms with Crippen molar-refractivity contribution >= 4 is 17.1 Å². The molecule has 108 valence electrons. The molecule has 0 N–H and O–H groups in total. The van der Waals surface area contributed by atoms with Crippen molar-refractivity contribution in [3.8, 4) is 0 Å². The van der Waals surface area contributed by atoms with Crippen molar-refractivity contribution in [2.45, 2.75) is 25.9 Å². The summed E-state index contributed by atoms with van der Waals surface area (Å²) in [5, 5.41) is 1.98. The number of carbonyl (C=O) groups is 1. The number of halogens is 1. The smallest absolute Gasteiger partial charge is 0.172 e. The molecule has 21 heavy (non-hydrogen) atoms. The van der Waals surface area contributed by atoms with Crippen molar-refractivity contribution in [3.63, 3.8) is 0 Å². The molecule has 1 unspecified atom stereocenters. The van der Waals surface area contributed by atoms with E-state index in [9.17, 15) is 9.18 Å².